The molecule has 0 saturated carbocycles. The third-order valence-electron chi connectivity index (χ3n) is 8.59. The highest BCUT2D eigenvalue weighted by molar-refractivity contribution is 8.00. The number of esters is 1. The van der Waals surface area contributed by atoms with Gasteiger partial charge in [0.1, 0.15) is 27.3 Å². The molecule has 3 N–H and O–H groups in total. The fourth-order valence-electron chi connectivity index (χ4n) is 5.80. The molecule has 1 atom stereocenters. The van der Waals surface area contributed by atoms with Crippen LogP contribution in [0.4, 0.5) is 10.7 Å². The van der Waals surface area contributed by atoms with E-state index in [0.717, 1.165) is 16.7 Å². The summed E-state index contributed by atoms with van der Waals surface area (Å²) < 4.78 is 11.0. The van der Waals surface area contributed by atoms with Crippen molar-refractivity contribution in [2.24, 2.45) is 0 Å². The fourth-order valence-corrected chi connectivity index (χ4v) is 7.84. The molecule has 0 saturated heterocycles. The Hall–Kier alpha value is -6.43. The van der Waals surface area contributed by atoms with Crippen LogP contribution in [-0.2, 0) is 14.3 Å². The summed E-state index contributed by atoms with van der Waals surface area (Å²) in [5.74, 6) is -1.15. The maximum absolute atomic E-state index is 14.2. The van der Waals surface area contributed by atoms with E-state index in [9.17, 15) is 19.2 Å². The van der Waals surface area contributed by atoms with E-state index in [1.54, 1.807) is 79.7 Å². The van der Waals surface area contributed by atoms with E-state index in [-0.39, 0.29) is 18.2 Å². The van der Waals surface area contributed by atoms with Crippen molar-refractivity contribution in [3.63, 3.8) is 0 Å². The number of ether oxygens (including phenoxy) is 2. The zero-order chi connectivity index (χ0) is 40.1. The van der Waals surface area contributed by atoms with Gasteiger partial charge in [0.25, 0.3) is 11.8 Å². The number of rotatable bonds is 15. The molecule has 0 bridgehead atoms. The molecule has 1 heterocycles. The number of thiophene rings is 1. The number of hydrogen-bond donors (Lipinski definition) is 3. The summed E-state index contributed by atoms with van der Waals surface area (Å²) in [6.45, 7) is 6.33. The smallest absolute Gasteiger partial charge is 0.341 e. The second-order valence-electron chi connectivity index (χ2n) is 12.7. The molecule has 6 rings (SSSR count). The van der Waals surface area contributed by atoms with Gasteiger partial charge >= 0.3 is 5.97 Å². The molecule has 57 heavy (non-hydrogen) atoms. The molecule has 3 amide bonds. The van der Waals surface area contributed by atoms with Crippen LogP contribution in [0.25, 0.3) is 17.2 Å². The van der Waals surface area contributed by atoms with Crippen molar-refractivity contribution in [1.29, 1.82) is 0 Å². The zero-order valence-electron chi connectivity index (χ0n) is 31.6. The number of aryl methyl sites for hydroxylation is 1. The Labute approximate surface area is 340 Å². The van der Waals surface area contributed by atoms with Crippen LogP contribution in [0.1, 0.15) is 56.5 Å². The lowest BCUT2D eigenvalue weighted by Crippen LogP contribution is -2.30. The molecule has 11 heteroatoms. The number of amides is 3. The number of hydrogen-bond acceptors (Lipinski definition) is 8. The number of carbonyl (C=O) groups is 4. The molecule has 0 radical (unpaired) electrons. The van der Waals surface area contributed by atoms with E-state index in [4.69, 9.17) is 9.47 Å². The first kappa shape index (κ1) is 40.2. The van der Waals surface area contributed by atoms with Crippen molar-refractivity contribution in [1.82, 2.24) is 5.32 Å². The highest BCUT2D eigenvalue weighted by atomic mass is 32.2. The van der Waals surface area contributed by atoms with Gasteiger partial charge in [-0.1, -0.05) is 96.6 Å². The molecular weight excluding hydrogens is 755 g/mol. The van der Waals surface area contributed by atoms with Gasteiger partial charge in [-0.15, -0.1) is 23.1 Å². The number of carbonyl (C=O) groups excluding carboxylic acids is 4. The van der Waals surface area contributed by atoms with Crippen molar-refractivity contribution in [3.8, 4) is 16.9 Å². The predicted molar refractivity (Wildman–Crippen MR) is 229 cm³/mol. The third-order valence-corrected chi connectivity index (χ3v) is 10.7. The average molecular weight is 796 g/mol. The monoisotopic (exact) mass is 795 g/mol. The molecule has 0 aliphatic carbocycles. The van der Waals surface area contributed by atoms with Crippen molar-refractivity contribution >= 4 is 63.6 Å². The van der Waals surface area contributed by atoms with Crippen LogP contribution in [-0.4, -0.2) is 36.9 Å². The zero-order valence-corrected chi connectivity index (χ0v) is 33.2. The van der Waals surface area contributed by atoms with E-state index in [2.05, 4.69) is 16.0 Å². The Balaban J connectivity index is 1.25. The maximum atomic E-state index is 14.2. The van der Waals surface area contributed by atoms with E-state index >= 15 is 0 Å². The highest BCUT2D eigenvalue weighted by Crippen LogP contribution is 2.40. The summed E-state index contributed by atoms with van der Waals surface area (Å²) in [6.07, 6.45) is 1.60. The van der Waals surface area contributed by atoms with Crippen molar-refractivity contribution in [2.45, 2.75) is 30.9 Å². The highest BCUT2D eigenvalue weighted by Gasteiger charge is 2.28. The summed E-state index contributed by atoms with van der Waals surface area (Å²) >= 11 is 2.56. The Morgan fingerprint density at radius 3 is 2.16 bits per heavy atom. The Morgan fingerprint density at radius 1 is 0.772 bits per heavy atom. The summed E-state index contributed by atoms with van der Waals surface area (Å²) in [6, 6.07) is 40.1. The van der Waals surface area contributed by atoms with Crippen molar-refractivity contribution < 1.29 is 28.7 Å². The number of anilines is 2. The largest absolute Gasteiger partial charge is 0.494 e. The lowest BCUT2D eigenvalue weighted by Gasteiger charge is -2.18. The first-order valence-electron chi connectivity index (χ1n) is 18.3. The first-order valence-corrected chi connectivity index (χ1v) is 20.1. The number of thioether (sulfide) groups is 1. The van der Waals surface area contributed by atoms with E-state index in [1.165, 1.54) is 23.1 Å². The second kappa shape index (κ2) is 19.4. The molecule has 9 nitrogen and oxygen atoms in total. The van der Waals surface area contributed by atoms with Gasteiger partial charge in [0, 0.05) is 27.1 Å². The molecular formula is C46H41N3O6S2. The van der Waals surface area contributed by atoms with Gasteiger partial charge in [-0.25, -0.2) is 4.79 Å². The minimum absolute atomic E-state index is 0.0333. The Morgan fingerprint density at radius 2 is 1.47 bits per heavy atom. The Bertz CT molecular complexity index is 2360. The molecule has 5 aromatic carbocycles. The van der Waals surface area contributed by atoms with Gasteiger partial charge in [0.05, 0.1) is 13.2 Å². The fraction of sp³-hybridized carbons (Fsp3) is 0.130. The van der Waals surface area contributed by atoms with Gasteiger partial charge in [0.15, 0.2) is 0 Å². The summed E-state index contributed by atoms with van der Waals surface area (Å²) in [5, 5.41) is 10.2. The summed E-state index contributed by atoms with van der Waals surface area (Å²) in [4.78, 5) is 55.3. The van der Waals surface area contributed by atoms with Gasteiger partial charge in [-0.05, 0) is 86.0 Å². The standard InChI is InChI=1S/C46H41N3O6S2/c1-4-54-36-25-21-31(22-26-36)27-39(48-42(50)34-15-10-7-11-16-34)43(51)47-35-17-12-18-37(28-35)57-41(33-13-8-6-9-14-33)44(52)49-45-40(46(53)55-5-2)38(29-56-45)32-23-19-30(3)20-24-32/h6-29,41H,4-5H2,1-3H3,(H,47,51)(H,48,50)(H,49,52)/b39-27+. The predicted octanol–water partition coefficient (Wildman–Crippen LogP) is 10.2. The first-order chi connectivity index (χ1) is 27.7. The average Bonchev–Trinajstić information content (AvgIpc) is 3.65. The summed E-state index contributed by atoms with van der Waals surface area (Å²) in [7, 11) is 0. The Kier molecular flexibility index (Phi) is 13.7. The summed E-state index contributed by atoms with van der Waals surface area (Å²) in [5.41, 5.74) is 5.21. The van der Waals surface area contributed by atoms with Crippen LogP contribution in [0.2, 0.25) is 0 Å². The van der Waals surface area contributed by atoms with Crippen LogP contribution in [0.3, 0.4) is 0 Å². The van der Waals surface area contributed by atoms with E-state index in [1.807, 2.05) is 86.0 Å². The van der Waals surface area contributed by atoms with Gasteiger partial charge in [0.2, 0.25) is 5.91 Å². The van der Waals surface area contributed by atoms with E-state index < -0.39 is 23.0 Å². The van der Waals surface area contributed by atoms with Gasteiger partial charge in [-0.2, -0.15) is 0 Å². The molecule has 0 aliphatic heterocycles. The third kappa shape index (κ3) is 10.7. The van der Waals surface area contributed by atoms with Crippen LogP contribution < -0.4 is 20.7 Å². The molecule has 0 aliphatic rings. The lowest BCUT2D eigenvalue weighted by atomic mass is 10.0. The normalized spacial score (nSPS) is 11.6. The van der Waals surface area contributed by atoms with Crippen molar-refractivity contribution in [2.75, 3.05) is 23.8 Å². The molecule has 6 aromatic rings. The molecule has 1 unspecified atom stereocenters. The van der Waals surface area contributed by atoms with Crippen LogP contribution in [0.5, 0.6) is 5.75 Å². The minimum Gasteiger partial charge on any atom is -0.494 e. The van der Waals surface area contributed by atoms with Crippen LogP contribution >= 0.6 is 23.1 Å². The SMILES string of the molecule is CCOC(=O)c1c(-c2ccc(C)cc2)csc1NC(=O)C(Sc1cccc(NC(=O)/C(=C\c2ccc(OCC)cc2)NC(=O)c2ccccc2)c1)c1ccccc1. The lowest BCUT2D eigenvalue weighted by molar-refractivity contribution is -0.116. The molecule has 1 aromatic heterocycles. The second-order valence-corrected chi connectivity index (χ2v) is 14.8. The van der Waals surface area contributed by atoms with E-state index in [0.29, 0.717) is 50.2 Å². The van der Waals surface area contributed by atoms with Gasteiger partial charge in [-0.3, -0.25) is 14.4 Å². The molecule has 0 spiro atoms. The van der Waals surface area contributed by atoms with Crippen LogP contribution in [0.15, 0.2) is 149 Å². The molecule has 0 fully saturated rings. The minimum atomic E-state index is -0.739. The number of benzene rings is 5. The molecule has 288 valence electrons. The quantitative estimate of drug-likeness (QED) is 0.0537. The topological polar surface area (TPSA) is 123 Å². The maximum Gasteiger partial charge on any atom is 0.341 e. The van der Waals surface area contributed by atoms with Crippen molar-refractivity contribution in [3.05, 3.63) is 172 Å². The van der Waals surface area contributed by atoms with Crippen LogP contribution in [0, 0.1) is 6.92 Å². The van der Waals surface area contributed by atoms with Gasteiger partial charge < -0.3 is 25.4 Å². The number of nitrogens with one attached hydrogen (secondary N) is 3.